The van der Waals surface area contributed by atoms with Crippen LogP contribution >= 0.6 is 11.3 Å². The van der Waals surface area contributed by atoms with Gasteiger partial charge >= 0.3 is 0 Å². The Morgan fingerprint density at radius 1 is 1.13 bits per heavy atom. The molecule has 0 aliphatic carbocycles. The molecule has 0 fully saturated rings. The molecule has 0 saturated carbocycles. The molecule has 1 N–H and O–H groups in total. The van der Waals surface area contributed by atoms with Gasteiger partial charge in [-0.25, -0.2) is 0 Å². The summed E-state index contributed by atoms with van der Waals surface area (Å²) in [4.78, 5) is 25.3. The number of Topliss-reactive ketones (excluding diaryl/α,β-unsaturated/α-hetero) is 1. The highest BCUT2D eigenvalue weighted by Crippen LogP contribution is 2.24. The second kappa shape index (κ2) is 7.78. The van der Waals surface area contributed by atoms with Gasteiger partial charge in [0, 0.05) is 17.5 Å². The van der Waals surface area contributed by atoms with Gasteiger partial charge < -0.3 is 14.8 Å². The lowest BCUT2D eigenvalue weighted by molar-refractivity contribution is 0.0950. The highest BCUT2D eigenvalue weighted by atomic mass is 32.1. The molecule has 0 saturated heterocycles. The summed E-state index contributed by atoms with van der Waals surface area (Å²) < 4.78 is 10.3. The molecule has 0 bridgehead atoms. The Labute approximate surface area is 139 Å². The third-order valence-electron chi connectivity index (χ3n) is 3.32. The van der Waals surface area contributed by atoms with Gasteiger partial charge in [-0.05, 0) is 37.6 Å². The van der Waals surface area contributed by atoms with Gasteiger partial charge in [-0.1, -0.05) is 0 Å². The van der Waals surface area contributed by atoms with Crippen molar-refractivity contribution >= 4 is 23.0 Å². The van der Waals surface area contributed by atoms with E-state index in [0.29, 0.717) is 30.0 Å². The Kier molecular flexibility index (Phi) is 5.76. The van der Waals surface area contributed by atoms with E-state index < -0.39 is 0 Å². The minimum absolute atomic E-state index is 0.0632. The van der Waals surface area contributed by atoms with Gasteiger partial charge in [0.25, 0.3) is 5.91 Å². The van der Waals surface area contributed by atoms with Crippen molar-refractivity contribution in [3.63, 3.8) is 0 Å². The van der Waals surface area contributed by atoms with Crippen LogP contribution in [0.4, 0.5) is 0 Å². The van der Waals surface area contributed by atoms with E-state index in [4.69, 9.17) is 9.47 Å². The molecule has 0 radical (unpaired) electrons. The minimum atomic E-state index is -0.201. The van der Waals surface area contributed by atoms with Crippen LogP contribution in [-0.4, -0.2) is 32.5 Å². The van der Waals surface area contributed by atoms with Crippen LogP contribution < -0.4 is 14.8 Å². The van der Waals surface area contributed by atoms with Crippen molar-refractivity contribution in [2.45, 2.75) is 13.3 Å². The fraction of sp³-hybridized carbons (Fsp3) is 0.294. The van der Waals surface area contributed by atoms with Gasteiger partial charge in [-0.15, -0.1) is 11.3 Å². The van der Waals surface area contributed by atoms with Crippen molar-refractivity contribution in [2.24, 2.45) is 0 Å². The van der Waals surface area contributed by atoms with Crippen LogP contribution in [0.1, 0.15) is 31.8 Å². The number of hydrogen-bond acceptors (Lipinski definition) is 5. The SMILES string of the molecule is COc1ccc(C(=O)NCCc2ccc(C(C)=O)s2)c(OC)c1. The molecule has 2 aromatic rings. The number of carbonyl (C=O) groups excluding carboxylic acids is 2. The predicted octanol–water partition coefficient (Wildman–Crippen LogP) is 2.94. The van der Waals surface area contributed by atoms with E-state index in [-0.39, 0.29) is 11.7 Å². The maximum Gasteiger partial charge on any atom is 0.255 e. The van der Waals surface area contributed by atoms with Gasteiger partial charge in [0.15, 0.2) is 5.78 Å². The normalized spacial score (nSPS) is 10.2. The number of ether oxygens (including phenoxy) is 2. The third-order valence-corrected chi connectivity index (χ3v) is 4.56. The van der Waals surface area contributed by atoms with Crippen LogP contribution in [0, 0.1) is 0 Å². The molecule has 6 heteroatoms. The number of amides is 1. The standard InChI is InChI=1S/C17H19NO4S/c1-11(19)16-7-5-13(23-16)8-9-18-17(20)14-6-4-12(21-2)10-15(14)22-3/h4-7,10H,8-9H2,1-3H3,(H,18,20). The molecule has 122 valence electrons. The van der Waals surface area contributed by atoms with E-state index in [0.717, 1.165) is 9.75 Å². The monoisotopic (exact) mass is 333 g/mol. The van der Waals surface area contributed by atoms with Crippen molar-refractivity contribution in [2.75, 3.05) is 20.8 Å². The predicted molar refractivity (Wildman–Crippen MR) is 89.9 cm³/mol. The highest BCUT2D eigenvalue weighted by molar-refractivity contribution is 7.14. The van der Waals surface area contributed by atoms with Gasteiger partial charge in [-0.3, -0.25) is 9.59 Å². The topological polar surface area (TPSA) is 64.6 Å². The lowest BCUT2D eigenvalue weighted by Crippen LogP contribution is -2.25. The summed E-state index contributed by atoms with van der Waals surface area (Å²) in [6, 6.07) is 8.80. The van der Waals surface area contributed by atoms with E-state index >= 15 is 0 Å². The molecule has 1 aromatic heterocycles. The van der Waals surface area contributed by atoms with E-state index in [2.05, 4.69) is 5.32 Å². The van der Waals surface area contributed by atoms with Crippen molar-refractivity contribution in [1.82, 2.24) is 5.32 Å². The Bertz CT molecular complexity index is 708. The van der Waals surface area contributed by atoms with Gasteiger partial charge in [0.2, 0.25) is 0 Å². The largest absolute Gasteiger partial charge is 0.497 e. The third kappa shape index (κ3) is 4.32. The number of ketones is 1. The average Bonchev–Trinajstić information content (AvgIpc) is 3.03. The molecule has 1 aromatic carbocycles. The summed E-state index contributed by atoms with van der Waals surface area (Å²) in [7, 11) is 3.07. The first-order chi connectivity index (χ1) is 11.0. The Balaban J connectivity index is 1.95. The van der Waals surface area contributed by atoms with Crippen molar-refractivity contribution in [3.8, 4) is 11.5 Å². The first-order valence-electron chi connectivity index (χ1n) is 7.15. The molecular formula is C17H19NO4S. The molecule has 0 atom stereocenters. The summed E-state index contributed by atoms with van der Waals surface area (Å²) in [6.45, 7) is 2.04. The molecule has 23 heavy (non-hydrogen) atoms. The van der Waals surface area contributed by atoms with Crippen LogP contribution in [0.3, 0.4) is 0 Å². The van der Waals surface area contributed by atoms with Gasteiger partial charge in [-0.2, -0.15) is 0 Å². The van der Waals surface area contributed by atoms with Crippen molar-refractivity contribution < 1.29 is 19.1 Å². The van der Waals surface area contributed by atoms with E-state index in [1.807, 2.05) is 12.1 Å². The van der Waals surface area contributed by atoms with Crippen LogP contribution in [0.5, 0.6) is 11.5 Å². The van der Waals surface area contributed by atoms with Gasteiger partial charge in [0.1, 0.15) is 11.5 Å². The second-order valence-corrected chi connectivity index (χ2v) is 6.06. The minimum Gasteiger partial charge on any atom is -0.497 e. The van der Waals surface area contributed by atoms with Gasteiger partial charge in [0.05, 0.1) is 24.7 Å². The molecule has 1 heterocycles. The average molecular weight is 333 g/mol. The lowest BCUT2D eigenvalue weighted by atomic mass is 10.1. The summed E-state index contributed by atoms with van der Waals surface area (Å²) in [5.74, 6) is 0.965. The molecule has 0 aliphatic rings. The summed E-state index contributed by atoms with van der Waals surface area (Å²) in [5, 5.41) is 2.86. The van der Waals surface area contributed by atoms with Crippen molar-refractivity contribution in [1.29, 1.82) is 0 Å². The quantitative estimate of drug-likeness (QED) is 0.791. The number of benzene rings is 1. The fourth-order valence-corrected chi connectivity index (χ4v) is 2.98. The first kappa shape index (κ1) is 17.0. The number of carbonyl (C=O) groups is 2. The summed E-state index contributed by atoms with van der Waals surface area (Å²) >= 11 is 1.46. The maximum absolute atomic E-state index is 12.2. The molecule has 2 rings (SSSR count). The first-order valence-corrected chi connectivity index (χ1v) is 7.96. The van der Waals surface area contributed by atoms with E-state index in [1.54, 1.807) is 32.2 Å². The lowest BCUT2D eigenvalue weighted by Gasteiger charge is -2.10. The summed E-state index contributed by atoms with van der Waals surface area (Å²) in [5.41, 5.74) is 0.462. The summed E-state index contributed by atoms with van der Waals surface area (Å²) in [6.07, 6.45) is 0.683. The molecular weight excluding hydrogens is 314 g/mol. The van der Waals surface area contributed by atoms with E-state index in [9.17, 15) is 9.59 Å². The maximum atomic E-state index is 12.2. The number of rotatable bonds is 7. The van der Waals surface area contributed by atoms with Crippen LogP contribution in [0.2, 0.25) is 0 Å². The number of nitrogens with one attached hydrogen (secondary N) is 1. The highest BCUT2D eigenvalue weighted by Gasteiger charge is 2.13. The van der Waals surface area contributed by atoms with Crippen molar-refractivity contribution in [3.05, 3.63) is 45.6 Å². The zero-order valence-corrected chi connectivity index (χ0v) is 14.2. The molecule has 5 nitrogen and oxygen atoms in total. The molecule has 0 spiro atoms. The zero-order chi connectivity index (χ0) is 16.8. The fourth-order valence-electron chi connectivity index (χ4n) is 2.08. The van der Waals surface area contributed by atoms with Crippen LogP contribution in [-0.2, 0) is 6.42 Å². The second-order valence-electron chi connectivity index (χ2n) is 4.89. The molecule has 1 amide bonds. The van der Waals surface area contributed by atoms with E-state index in [1.165, 1.54) is 18.4 Å². The number of methoxy groups -OCH3 is 2. The number of thiophene rings is 1. The smallest absolute Gasteiger partial charge is 0.255 e. The molecule has 0 aliphatic heterocycles. The number of hydrogen-bond donors (Lipinski definition) is 1. The van der Waals surface area contributed by atoms with Crippen LogP contribution in [0.15, 0.2) is 30.3 Å². The zero-order valence-electron chi connectivity index (χ0n) is 13.3. The Morgan fingerprint density at radius 2 is 1.91 bits per heavy atom. The molecule has 0 unspecified atom stereocenters. The van der Waals surface area contributed by atoms with Crippen LogP contribution in [0.25, 0.3) is 0 Å². The Hall–Kier alpha value is -2.34. The Morgan fingerprint density at radius 3 is 2.52 bits per heavy atom.